The molecule has 0 unspecified atom stereocenters. The molecule has 0 N–H and O–H groups in total. The van der Waals surface area contributed by atoms with Crippen LogP contribution < -0.4 is 19.1 Å². The lowest BCUT2D eigenvalue weighted by Gasteiger charge is -2.27. The molecule has 0 saturated carbocycles. The second-order valence-corrected chi connectivity index (χ2v) is 10.5. The van der Waals surface area contributed by atoms with E-state index in [0.717, 1.165) is 103 Å². The van der Waals surface area contributed by atoms with Crippen molar-refractivity contribution >= 4 is 22.5 Å². The summed E-state index contributed by atoms with van der Waals surface area (Å²) in [5.74, 6) is 3.10. The number of amides is 1. The Morgan fingerprint density at radius 3 is 2.64 bits per heavy atom. The fourth-order valence-corrected chi connectivity index (χ4v) is 5.19. The van der Waals surface area contributed by atoms with Crippen LogP contribution in [0.1, 0.15) is 63.1 Å². The molecule has 2 fully saturated rings. The van der Waals surface area contributed by atoms with E-state index in [2.05, 4.69) is 13.0 Å². The molecule has 2 aliphatic heterocycles. The standard InChI is InChI=1S/C32H40N2O5/c1-3-4-16-37-32-23(2)30(33-29-12-11-25(19-28(29)32)34-15-6-5-10-31(34)35)22-39-27-9-7-8-26(20-27)38-21-24-13-17-36-18-14-24/h7-9,11-12,19-20,24H,3-6,10,13-18,21-22H2,1-2H3. The van der Waals surface area contributed by atoms with Crippen LogP contribution in [0.15, 0.2) is 42.5 Å². The van der Waals surface area contributed by atoms with Crippen LogP contribution in [-0.4, -0.2) is 43.9 Å². The van der Waals surface area contributed by atoms with Gasteiger partial charge in [0.15, 0.2) is 0 Å². The van der Waals surface area contributed by atoms with Crippen molar-refractivity contribution in [3.05, 3.63) is 53.7 Å². The van der Waals surface area contributed by atoms with Gasteiger partial charge in [0.25, 0.3) is 0 Å². The molecule has 208 valence electrons. The number of rotatable bonds is 11. The molecule has 3 aromatic rings. The van der Waals surface area contributed by atoms with E-state index < -0.39 is 0 Å². The lowest BCUT2D eigenvalue weighted by Crippen LogP contribution is -2.35. The van der Waals surface area contributed by atoms with Crippen molar-refractivity contribution in [1.29, 1.82) is 0 Å². The van der Waals surface area contributed by atoms with Crippen LogP contribution in [-0.2, 0) is 16.1 Å². The van der Waals surface area contributed by atoms with E-state index in [1.165, 1.54) is 0 Å². The molecule has 0 atom stereocenters. The number of piperidine rings is 1. The molecule has 1 amide bonds. The van der Waals surface area contributed by atoms with Crippen LogP contribution >= 0.6 is 0 Å². The van der Waals surface area contributed by atoms with Gasteiger partial charge in [0.05, 0.1) is 24.4 Å². The van der Waals surface area contributed by atoms with E-state index in [9.17, 15) is 4.79 Å². The number of carbonyl (C=O) groups excluding carboxylic acids is 1. The molecule has 2 aliphatic rings. The first kappa shape index (κ1) is 27.3. The van der Waals surface area contributed by atoms with Gasteiger partial charge in [0, 0.05) is 48.9 Å². The summed E-state index contributed by atoms with van der Waals surface area (Å²) in [6.07, 6.45) is 6.71. The number of aromatic nitrogens is 1. The van der Waals surface area contributed by atoms with Crippen molar-refractivity contribution in [1.82, 2.24) is 4.98 Å². The third kappa shape index (κ3) is 6.82. The molecule has 0 spiro atoms. The van der Waals surface area contributed by atoms with Gasteiger partial charge in [-0.05, 0) is 75.3 Å². The maximum absolute atomic E-state index is 12.6. The van der Waals surface area contributed by atoms with E-state index in [1.807, 2.05) is 48.2 Å². The van der Waals surface area contributed by atoms with Crippen LogP contribution in [0.3, 0.4) is 0 Å². The van der Waals surface area contributed by atoms with E-state index >= 15 is 0 Å². The molecule has 2 saturated heterocycles. The highest BCUT2D eigenvalue weighted by atomic mass is 16.5. The fourth-order valence-electron chi connectivity index (χ4n) is 5.19. The number of hydrogen-bond donors (Lipinski definition) is 0. The van der Waals surface area contributed by atoms with Gasteiger partial charge in [-0.15, -0.1) is 0 Å². The number of anilines is 1. The molecule has 0 bridgehead atoms. The zero-order valence-electron chi connectivity index (χ0n) is 23.2. The number of unbranched alkanes of at least 4 members (excludes halogenated alkanes) is 1. The summed E-state index contributed by atoms with van der Waals surface area (Å²) < 4.78 is 24.0. The summed E-state index contributed by atoms with van der Waals surface area (Å²) in [5.41, 5.74) is 3.56. The van der Waals surface area contributed by atoms with Crippen LogP contribution in [0.5, 0.6) is 17.2 Å². The summed E-state index contributed by atoms with van der Waals surface area (Å²) in [6.45, 7) is 8.24. The Morgan fingerprint density at radius 2 is 1.85 bits per heavy atom. The normalized spacial score (nSPS) is 16.5. The number of carbonyl (C=O) groups is 1. The van der Waals surface area contributed by atoms with Crippen molar-refractivity contribution in [2.45, 2.75) is 65.4 Å². The monoisotopic (exact) mass is 532 g/mol. The first-order valence-corrected chi connectivity index (χ1v) is 14.4. The fraction of sp³-hybridized carbons (Fsp3) is 0.500. The van der Waals surface area contributed by atoms with E-state index in [4.69, 9.17) is 23.9 Å². The maximum Gasteiger partial charge on any atom is 0.226 e. The van der Waals surface area contributed by atoms with Crippen molar-refractivity contribution in [3.8, 4) is 17.2 Å². The predicted octanol–water partition coefficient (Wildman–Crippen LogP) is 6.62. The molecule has 2 aromatic carbocycles. The highest BCUT2D eigenvalue weighted by Gasteiger charge is 2.22. The second-order valence-electron chi connectivity index (χ2n) is 10.5. The zero-order valence-corrected chi connectivity index (χ0v) is 23.2. The predicted molar refractivity (Wildman–Crippen MR) is 153 cm³/mol. The smallest absolute Gasteiger partial charge is 0.226 e. The first-order valence-electron chi connectivity index (χ1n) is 14.4. The number of pyridine rings is 1. The van der Waals surface area contributed by atoms with Crippen molar-refractivity contribution in [3.63, 3.8) is 0 Å². The zero-order chi connectivity index (χ0) is 27.0. The Labute approximate surface area is 231 Å². The van der Waals surface area contributed by atoms with E-state index in [0.29, 0.717) is 32.2 Å². The van der Waals surface area contributed by atoms with Crippen molar-refractivity contribution in [2.24, 2.45) is 5.92 Å². The van der Waals surface area contributed by atoms with Gasteiger partial charge in [-0.2, -0.15) is 0 Å². The maximum atomic E-state index is 12.6. The molecule has 39 heavy (non-hydrogen) atoms. The molecule has 5 rings (SSSR count). The highest BCUT2D eigenvalue weighted by molar-refractivity contribution is 5.97. The molecule has 0 radical (unpaired) electrons. The van der Waals surface area contributed by atoms with Gasteiger partial charge in [-0.3, -0.25) is 4.79 Å². The van der Waals surface area contributed by atoms with Crippen LogP contribution in [0.2, 0.25) is 0 Å². The Bertz CT molecular complexity index is 1270. The quantitative estimate of drug-likeness (QED) is 0.258. The number of ether oxygens (including phenoxy) is 4. The lowest BCUT2D eigenvalue weighted by atomic mass is 10.0. The third-order valence-electron chi connectivity index (χ3n) is 7.64. The Hall–Kier alpha value is -3.32. The largest absolute Gasteiger partial charge is 0.493 e. The molecule has 3 heterocycles. The number of hydrogen-bond acceptors (Lipinski definition) is 6. The SMILES string of the molecule is CCCCOc1c(C)c(COc2cccc(OCC3CCOCC3)c2)nc2ccc(N3CCCCC3=O)cc12. The van der Waals surface area contributed by atoms with Crippen LogP contribution in [0.4, 0.5) is 5.69 Å². The molecule has 1 aromatic heterocycles. The Balaban J connectivity index is 1.34. The lowest BCUT2D eigenvalue weighted by molar-refractivity contribution is -0.119. The van der Waals surface area contributed by atoms with Gasteiger partial charge in [0.2, 0.25) is 5.91 Å². The summed E-state index contributed by atoms with van der Waals surface area (Å²) >= 11 is 0. The molecule has 7 nitrogen and oxygen atoms in total. The second kappa shape index (κ2) is 13.2. The first-order chi connectivity index (χ1) is 19.1. The average molecular weight is 533 g/mol. The van der Waals surface area contributed by atoms with Gasteiger partial charge in [-0.25, -0.2) is 4.98 Å². The van der Waals surface area contributed by atoms with Gasteiger partial charge in [-0.1, -0.05) is 19.4 Å². The molecule has 0 aliphatic carbocycles. The summed E-state index contributed by atoms with van der Waals surface area (Å²) in [7, 11) is 0. The van der Waals surface area contributed by atoms with Crippen LogP contribution in [0, 0.1) is 12.8 Å². The number of benzene rings is 2. The van der Waals surface area contributed by atoms with Crippen molar-refractivity contribution in [2.75, 3.05) is 37.9 Å². The van der Waals surface area contributed by atoms with E-state index in [1.54, 1.807) is 0 Å². The Kier molecular flexibility index (Phi) is 9.19. The summed E-state index contributed by atoms with van der Waals surface area (Å²) in [6, 6.07) is 13.9. The number of fused-ring (bicyclic) bond motifs is 1. The van der Waals surface area contributed by atoms with Crippen molar-refractivity contribution < 1.29 is 23.7 Å². The van der Waals surface area contributed by atoms with Gasteiger partial charge in [0.1, 0.15) is 23.9 Å². The van der Waals surface area contributed by atoms with Gasteiger partial charge < -0.3 is 23.8 Å². The average Bonchev–Trinajstić information content (AvgIpc) is 2.97. The van der Waals surface area contributed by atoms with Crippen LogP contribution in [0.25, 0.3) is 10.9 Å². The topological polar surface area (TPSA) is 70.1 Å². The number of nitrogens with zero attached hydrogens (tertiary/aromatic N) is 2. The minimum atomic E-state index is 0.183. The van der Waals surface area contributed by atoms with Gasteiger partial charge >= 0.3 is 0 Å². The minimum Gasteiger partial charge on any atom is -0.493 e. The third-order valence-corrected chi connectivity index (χ3v) is 7.64. The highest BCUT2D eigenvalue weighted by Crippen LogP contribution is 2.35. The summed E-state index contributed by atoms with van der Waals surface area (Å²) in [4.78, 5) is 19.4. The minimum absolute atomic E-state index is 0.183. The summed E-state index contributed by atoms with van der Waals surface area (Å²) in [5, 5.41) is 0.937. The van der Waals surface area contributed by atoms with E-state index in [-0.39, 0.29) is 5.91 Å². The molecule has 7 heteroatoms. The Morgan fingerprint density at radius 1 is 1.03 bits per heavy atom. The molecular weight excluding hydrogens is 492 g/mol. The molecular formula is C32H40N2O5.